The third-order valence-corrected chi connectivity index (χ3v) is 2.54. The molecule has 2 heteroatoms. The summed E-state index contributed by atoms with van der Waals surface area (Å²) in [6.45, 7) is 9.28. The lowest BCUT2D eigenvalue weighted by Gasteiger charge is -2.21. The van der Waals surface area contributed by atoms with Crippen molar-refractivity contribution >= 4 is 0 Å². The van der Waals surface area contributed by atoms with E-state index in [0.29, 0.717) is 0 Å². The summed E-state index contributed by atoms with van der Waals surface area (Å²) in [5.74, 6) is 0. The van der Waals surface area contributed by atoms with E-state index in [9.17, 15) is 5.11 Å². The fourth-order valence-corrected chi connectivity index (χ4v) is 1.54. The summed E-state index contributed by atoms with van der Waals surface area (Å²) in [5, 5.41) is 13.3. The minimum absolute atomic E-state index is 0.118. The lowest BCUT2D eigenvalue weighted by molar-refractivity contribution is 0.163. The Morgan fingerprint density at radius 1 is 1.19 bits per heavy atom. The predicted molar refractivity (Wildman–Crippen MR) is 68.5 cm³/mol. The van der Waals surface area contributed by atoms with Crippen LogP contribution in [0.4, 0.5) is 0 Å². The highest BCUT2D eigenvalue weighted by molar-refractivity contribution is 5.22. The summed E-state index contributed by atoms with van der Waals surface area (Å²) < 4.78 is 0. The molecule has 0 saturated heterocycles. The van der Waals surface area contributed by atoms with Gasteiger partial charge in [0.15, 0.2) is 0 Å². The van der Waals surface area contributed by atoms with Gasteiger partial charge in [-0.25, -0.2) is 0 Å². The quantitative estimate of drug-likeness (QED) is 0.819. The zero-order valence-electron chi connectivity index (χ0n) is 10.7. The zero-order valence-corrected chi connectivity index (χ0v) is 10.7. The van der Waals surface area contributed by atoms with Crippen LogP contribution in [-0.4, -0.2) is 17.2 Å². The van der Waals surface area contributed by atoms with Gasteiger partial charge in [0.25, 0.3) is 0 Å². The Morgan fingerprint density at radius 2 is 1.75 bits per heavy atom. The van der Waals surface area contributed by atoms with Crippen molar-refractivity contribution in [2.45, 2.75) is 45.8 Å². The molecule has 0 aliphatic heterocycles. The van der Waals surface area contributed by atoms with Crippen molar-refractivity contribution in [2.24, 2.45) is 0 Å². The minimum atomic E-state index is -0.365. The number of aliphatic hydroxyl groups excluding tert-OH is 1. The number of nitrogens with one attached hydrogen (secondary N) is 1. The van der Waals surface area contributed by atoms with Crippen LogP contribution in [-0.2, 0) is 0 Å². The zero-order chi connectivity index (χ0) is 12.2. The molecule has 0 radical (unpaired) electrons. The SMILES string of the molecule is Cc1ccc(C(O)CCNC(C)(C)C)cc1. The highest BCUT2D eigenvalue weighted by atomic mass is 16.3. The first kappa shape index (κ1) is 13.2. The molecule has 90 valence electrons. The van der Waals surface area contributed by atoms with Gasteiger partial charge in [-0.1, -0.05) is 29.8 Å². The van der Waals surface area contributed by atoms with E-state index in [1.54, 1.807) is 0 Å². The fraction of sp³-hybridized carbons (Fsp3) is 0.571. The Labute approximate surface area is 98.7 Å². The van der Waals surface area contributed by atoms with E-state index >= 15 is 0 Å². The molecular formula is C14H23NO. The van der Waals surface area contributed by atoms with Gasteiger partial charge < -0.3 is 10.4 Å². The number of aryl methyl sites for hydroxylation is 1. The Morgan fingerprint density at radius 3 is 2.25 bits per heavy atom. The van der Waals surface area contributed by atoms with E-state index in [1.807, 2.05) is 24.3 Å². The normalized spacial score (nSPS) is 13.8. The van der Waals surface area contributed by atoms with Crippen molar-refractivity contribution in [1.82, 2.24) is 5.32 Å². The first-order valence-electron chi connectivity index (χ1n) is 5.88. The fourth-order valence-electron chi connectivity index (χ4n) is 1.54. The molecule has 0 aromatic heterocycles. The van der Waals surface area contributed by atoms with Crippen molar-refractivity contribution in [3.63, 3.8) is 0 Å². The molecule has 1 unspecified atom stereocenters. The smallest absolute Gasteiger partial charge is 0.0802 e. The number of hydrogen-bond acceptors (Lipinski definition) is 2. The topological polar surface area (TPSA) is 32.3 Å². The monoisotopic (exact) mass is 221 g/mol. The van der Waals surface area contributed by atoms with Crippen LogP contribution in [0.25, 0.3) is 0 Å². The van der Waals surface area contributed by atoms with Crippen molar-refractivity contribution in [1.29, 1.82) is 0 Å². The van der Waals surface area contributed by atoms with Crippen LogP contribution in [0, 0.1) is 6.92 Å². The van der Waals surface area contributed by atoms with Gasteiger partial charge in [0.2, 0.25) is 0 Å². The second-order valence-electron chi connectivity index (χ2n) is 5.39. The second-order valence-corrected chi connectivity index (χ2v) is 5.39. The molecule has 0 spiro atoms. The Bertz CT molecular complexity index is 311. The highest BCUT2D eigenvalue weighted by Gasteiger charge is 2.11. The number of rotatable bonds is 4. The Balaban J connectivity index is 2.41. The third-order valence-electron chi connectivity index (χ3n) is 2.54. The van der Waals surface area contributed by atoms with Crippen LogP contribution >= 0.6 is 0 Å². The standard InChI is InChI=1S/C14H23NO/c1-11-5-7-12(8-6-11)13(16)9-10-15-14(2,3)4/h5-8,13,15-16H,9-10H2,1-4H3. The van der Waals surface area contributed by atoms with Crippen molar-refractivity contribution in [2.75, 3.05) is 6.54 Å². The van der Waals surface area contributed by atoms with E-state index < -0.39 is 0 Å². The molecule has 0 amide bonds. The summed E-state index contributed by atoms with van der Waals surface area (Å²) in [6.07, 6.45) is 0.385. The number of hydrogen-bond donors (Lipinski definition) is 2. The van der Waals surface area contributed by atoms with Crippen molar-refractivity contribution in [3.05, 3.63) is 35.4 Å². The summed E-state index contributed by atoms with van der Waals surface area (Å²) in [7, 11) is 0. The van der Waals surface area contributed by atoms with E-state index in [4.69, 9.17) is 0 Å². The van der Waals surface area contributed by atoms with Crippen molar-refractivity contribution in [3.8, 4) is 0 Å². The van der Waals surface area contributed by atoms with E-state index in [1.165, 1.54) is 5.56 Å². The maximum Gasteiger partial charge on any atom is 0.0802 e. The molecule has 0 bridgehead atoms. The molecule has 1 aromatic rings. The molecule has 2 N–H and O–H groups in total. The highest BCUT2D eigenvalue weighted by Crippen LogP contribution is 2.16. The van der Waals surface area contributed by atoms with Crippen LogP contribution in [0.2, 0.25) is 0 Å². The average Bonchev–Trinajstić information content (AvgIpc) is 2.16. The maximum absolute atomic E-state index is 9.97. The van der Waals surface area contributed by atoms with Gasteiger partial charge in [0, 0.05) is 5.54 Å². The summed E-state index contributed by atoms with van der Waals surface area (Å²) in [5.41, 5.74) is 2.34. The molecule has 16 heavy (non-hydrogen) atoms. The second kappa shape index (κ2) is 5.46. The summed E-state index contributed by atoms with van der Waals surface area (Å²) >= 11 is 0. The molecule has 0 aliphatic rings. The molecule has 0 saturated carbocycles. The molecule has 1 rings (SSSR count). The average molecular weight is 221 g/mol. The third kappa shape index (κ3) is 4.77. The molecular weight excluding hydrogens is 198 g/mol. The first-order chi connectivity index (χ1) is 7.38. The minimum Gasteiger partial charge on any atom is -0.388 e. The largest absolute Gasteiger partial charge is 0.388 e. The van der Waals surface area contributed by atoms with E-state index in [-0.39, 0.29) is 11.6 Å². The van der Waals surface area contributed by atoms with Gasteiger partial charge in [0.1, 0.15) is 0 Å². The van der Waals surface area contributed by atoms with Gasteiger partial charge in [-0.05, 0) is 46.2 Å². The van der Waals surface area contributed by atoms with E-state index in [2.05, 4.69) is 33.0 Å². The molecule has 0 aliphatic carbocycles. The molecule has 0 fully saturated rings. The maximum atomic E-state index is 9.97. The van der Waals surface area contributed by atoms with Crippen LogP contribution in [0.5, 0.6) is 0 Å². The Hall–Kier alpha value is -0.860. The lowest BCUT2D eigenvalue weighted by Crippen LogP contribution is -2.36. The Kier molecular flexibility index (Phi) is 4.51. The summed E-state index contributed by atoms with van der Waals surface area (Å²) in [4.78, 5) is 0. The van der Waals surface area contributed by atoms with Crippen LogP contribution in [0.15, 0.2) is 24.3 Å². The molecule has 0 heterocycles. The van der Waals surface area contributed by atoms with Crippen LogP contribution < -0.4 is 5.32 Å². The van der Waals surface area contributed by atoms with Gasteiger partial charge in [-0.15, -0.1) is 0 Å². The van der Waals surface area contributed by atoms with E-state index in [0.717, 1.165) is 18.5 Å². The van der Waals surface area contributed by atoms with Crippen LogP contribution in [0.3, 0.4) is 0 Å². The molecule has 1 atom stereocenters. The van der Waals surface area contributed by atoms with Gasteiger partial charge in [0.05, 0.1) is 6.10 Å². The number of aliphatic hydroxyl groups is 1. The van der Waals surface area contributed by atoms with Gasteiger partial charge in [-0.3, -0.25) is 0 Å². The van der Waals surface area contributed by atoms with Gasteiger partial charge >= 0.3 is 0 Å². The number of benzene rings is 1. The molecule has 2 nitrogen and oxygen atoms in total. The lowest BCUT2D eigenvalue weighted by atomic mass is 10.0. The summed E-state index contributed by atoms with van der Waals surface area (Å²) in [6, 6.07) is 8.07. The molecule has 1 aromatic carbocycles. The van der Waals surface area contributed by atoms with Crippen LogP contribution in [0.1, 0.15) is 44.4 Å². The van der Waals surface area contributed by atoms with Gasteiger partial charge in [-0.2, -0.15) is 0 Å². The first-order valence-corrected chi connectivity index (χ1v) is 5.88. The predicted octanol–water partition coefficient (Wildman–Crippen LogP) is 2.81. The van der Waals surface area contributed by atoms with Crippen molar-refractivity contribution < 1.29 is 5.11 Å².